The zero-order valence-electron chi connectivity index (χ0n) is 19.5. The molecular weight excluding hydrogens is 424 g/mol. The van der Waals surface area contributed by atoms with Crippen molar-refractivity contribution in [1.82, 2.24) is 9.88 Å². The summed E-state index contributed by atoms with van der Waals surface area (Å²) in [4.78, 5) is 27.3. The number of nitrogens with one attached hydrogen (secondary N) is 1. The molecule has 1 amide bonds. The molecule has 34 heavy (non-hydrogen) atoms. The second-order valence-corrected chi connectivity index (χ2v) is 11.3. The smallest absolute Gasteiger partial charge is 0.257 e. The topological polar surface area (TPSA) is 60.3 Å². The molecule has 1 aliphatic heterocycles. The lowest BCUT2D eigenvalue weighted by Gasteiger charge is -2.56. The molecule has 8 rings (SSSR count). The average Bonchev–Trinajstić information content (AvgIpc) is 2.80. The number of carbonyl (C=O) groups is 1. The molecule has 2 aromatic carbocycles. The molecule has 1 aromatic heterocycles. The van der Waals surface area contributed by atoms with Crippen molar-refractivity contribution < 1.29 is 9.53 Å². The first-order valence-electron chi connectivity index (χ1n) is 12.7. The standard InChI is InChI=1S/C29H30N2O3/c1-17-5-7-21(8-6-17)24-16-34-25-4-2-3-22-26(25)31(24)15-23(27(22)32)28(33)30-29-12-18-9-19(13-29)11-20(10-18)14-29/h2-8,15,18-20,24H,9-14,16H2,1H3,(H,30,33). The fraction of sp³-hybridized carbons (Fsp3) is 0.448. The van der Waals surface area contributed by atoms with Gasteiger partial charge >= 0.3 is 0 Å². The van der Waals surface area contributed by atoms with Crippen molar-refractivity contribution in [2.45, 2.75) is 57.0 Å². The summed E-state index contributed by atoms with van der Waals surface area (Å²) < 4.78 is 8.17. The highest BCUT2D eigenvalue weighted by molar-refractivity contribution is 5.99. The Morgan fingerprint density at radius 1 is 1.00 bits per heavy atom. The summed E-state index contributed by atoms with van der Waals surface area (Å²) >= 11 is 0. The normalized spacial score (nSPS) is 30.9. The summed E-state index contributed by atoms with van der Waals surface area (Å²) in [5.41, 5.74) is 2.99. The Labute approximate surface area is 199 Å². The van der Waals surface area contributed by atoms with Crippen LogP contribution in [-0.4, -0.2) is 22.6 Å². The second-order valence-electron chi connectivity index (χ2n) is 11.3. The van der Waals surface area contributed by atoms with Crippen molar-refractivity contribution in [2.75, 3.05) is 6.61 Å². The summed E-state index contributed by atoms with van der Waals surface area (Å²) in [6.07, 6.45) is 8.94. The van der Waals surface area contributed by atoms with Crippen molar-refractivity contribution >= 4 is 16.8 Å². The zero-order valence-corrected chi connectivity index (χ0v) is 19.5. The minimum absolute atomic E-state index is 0.0929. The van der Waals surface area contributed by atoms with Crippen LogP contribution in [0.25, 0.3) is 10.9 Å². The lowest BCUT2D eigenvalue weighted by atomic mass is 9.53. The van der Waals surface area contributed by atoms with E-state index in [1.54, 1.807) is 6.20 Å². The largest absolute Gasteiger partial charge is 0.489 e. The number of para-hydroxylation sites is 1. The summed E-state index contributed by atoms with van der Waals surface area (Å²) in [6.45, 7) is 2.54. The molecule has 4 saturated carbocycles. The Morgan fingerprint density at radius 2 is 1.68 bits per heavy atom. The van der Waals surface area contributed by atoms with Crippen LogP contribution >= 0.6 is 0 Å². The van der Waals surface area contributed by atoms with E-state index in [9.17, 15) is 9.59 Å². The Balaban J connectivity index is 1.32. The van der Waals surface area contributed by atoms with Gasteiger partial charge in [0.05, 0.1) is 16.9 Å². The van der Waals surface area contributed by atoms with E-state index in [0.29, 0.717) is 17.7 Å². The van der Waals surface area contributed by atoms with Crippen LogP contribution in [0.2, 0.25) is 0 Å². The molecule has 1 atom stereocenters. The second kappa shape index (κ2) is 7.21. The van der Waals surface area contributed by atoms with Crippen LogP contribution in [0.3, 0.4) is 0 Å². The number of pyridine rings is 1. The molecule has 2 heterocycles. The number of ether oxygens (including phenoxy) is 1. The highest BCUT2D eigenvalue weighted by Crippen LogP contribution is 2.55. The van der Waals surface area contributed by atoms with E-state index in [-0.39, 0.29) is 28.5 Å². The van der Waals surface area contributed by atoms with Crippen molar-refractivity contribution in [3.05, 3.63) is 75.6 Å². The number of aryl methyl sites for hydroxylation is 1. The lowest BCUT2D eigenvalue weighted by molar-refractivity contribution is -0.0167. The van der Waals surface area contributed by atoms with Gasteiger partial charge in [0.1, 0.15) is 17.9 Å². The molecular formula is C29H30N2O3. The van der Waals surface area contributed by atoms with Gasteiger partial charge < -0.3 is 14.6 Å². The predicted octanol–water partition coefficient (Wildman–Crippen LogP) is 4.99. The number of rotatable bonds is 3. The molecule has 3 aromatic rings. The van der Waals surface area contributed by atoms with Gasteiger partial charge in [-0.3, -0.25) is 9.59 Å². The molecule has 174 valence electrons. The van der Waals surface area contributed by atoms with Gasteiger partial charge in [-0.1, -0.05) is 35.9 Å². The molecule has 1 unspecified atom stereocenters. The molecule has 4 bridgehead atoms. The Morgan fingerprint density at radius 3 is 2.35 bits per heavy atom. The number of nitrogens with zero attached hydrogens (tertiary/aromatic N) is 1. The molecule has 5 nitrogen and oxygen atoms in total. The van der Waals surface area contributed by atoms with Crippen molar-refractivity contribution in [3.8, 4) is 5.75 Å². The Bertz CT molecular complexity index is 1340. The van der Waals surface area contributed by atoms with Gasteiger partial charge in [0.15, 0.2) is 0 Å². The minimum atomic E-state index is -0.211. The summed E-state index contributed by atoms with van der Waals surface area (Å²) in [5.74, 6) is 2.69. The monoisotopic (exact) mass is 454 g/mol. The van der Waals surface area contributed by atoms with Crippen LogP contribution in [-0.2, 0) is 0 Å². The molecule has 1 N–H and O–H groups in total. The van der Waals surface area contributed by atoms with Gasteiger partial charge in [0, 0.05) is 11.7 Å². The predicted molar refractivity (Wildman–Crippen MR) is 131 cm³/mol. The molecule has 4 fully saturated rings. The van der Waals surface area contributed by atoms with Gasteiger partial charge in [0.25, 0.3) is 5.91 Å². The number of hydrogen-bond donors (Lipinski definition) is 1. The maximum absolute atomic E-state index is 13.7. The van der Waals surface area contributed by atoms with E-state index in [1.807, 2.05) is 18.2 Å². The van der Waals surface area contributed by atoms with E-state index >= 15 is 0 Å². The van der Waals surface area contributed by atoms with Gasteiger partial charge in [-0.15, -0.1) is 0 Å². The van der Waals surface area contributed by atoms with E-state index in [0.717, 1.165) is 48.1 Å². The SMILES string of the molecule is Cc1ccc(C2COc3cccc4c(=O)c(C(=O)NC56CC7CC(CC(C7)C5)C6)cn2c34)cc1. The number of carbonyl (C=O) groups excluding carboxylic acids is 1. The third-order valence-electron chi connectivity index (χ3n) is 8.87. The van der Waals surface area contributed by atoms with Crippen molar-refractivity contribution in [1.29, 1.82) is 0 Å². The molecule has 5 heteroatoms. The molecule has 0 radical (unpaired) electrons. The van der Waals surface area contributed by atoms with Crippen LogP contribution in [0.4, 0.5) is 0 Å². The first-order chi connectivity index (χ1) is 16.5. The van der Waals surface area contributed by atoms with Crippen LogP contribution < -0.4 is 15.5 Å². The molecule has 0 saturated heterocycles. The van der Waals surface area contributed by atoms with Gasteiger partial charge in [-0.25, -0.2) is 0 Å². The van der Waals surface area contributed by atoms with E-state index in [4.69, 9.17) is 4.74 Å². The van der Waals surface area contributed by atoms with Crippen LogP contribution in [0.5, 0.6) is 5.75 Å². The van der Waals surface area contributed by atoms with Crippen molar-refractivity contribution in [3.63, 3.8) is 0 Å². The molecule has 4 aliphatic carbocycles. The quantitative estimate of drug-likeness (QED) is 0.607. The number of aromatic nitrogens is 1. The first-order valence-corrected chi connectivity index (χ1v) is 12.7. The maximum Gasteiger partial charge on any atom is 0.257 e. The third kappa shape index (κ3) is 3.05. The van der Waals surface area contributed by atoms with Crippen LogP contribution in [0, 0.1) is 24.7 Å². The Hall–Kier alpha value is -3.08. The number of hydrogen-bond acceptors (Lipinski definition) is 3. The minimum Gasteiger partial charge on any atom is -0.489 e. The zero-order chi connectivity index (χ0) is 23.0. The third-order valence-corrected chi connectivity index (χ3v) is 8.87. The highest BCUT2D eigenvalue weighted by Gasteiger charge is 2.51. The summed E-state index contributed by atoms with van der Waals surface area (Å²) in [5, 5.41) is 3.96. The number of benzene rings is 2. The fourth-order valence-corrected chi connectivity index (χ4v) is 7.77. The number of amides is 1. The average molecular weight is 455 g/mol. The van der Waals surface area contributed by atoms with E-state index in [2.05, 4.69) is 41.1 Å². The van der Waals surface area contributed by atoms with E-state index in [1.165, 1.54) is 24.8 Å². The van der Waals surface area contributed by atoms with Crippen molar-refractivity contribution in [2.24, 2.45) is 17.8 Å². The van der Waals surface area contributed by atoms with Gasteiger partial charge in [-0.05, 0) is 80.9 Å². The molecule has 5 aliphatic rings. The summed E-state index contributed by atoms with van der Waals surface area (Å²) in [7, 11) is 0. The van der Waals surface area contributed by atoms with E-state index < -0.39 is 0 Å². The van der Waals surface area contributed by atoms with Gasteiger partial charge in [0.2, 0.25) is 5.43 Å². The summed E-state index contributed by atoms with van der Waals surface area (Å²) in [6, 6.07) is 13.9. The van der Waals surface area contributed by atoms with Crippen LogP contribution in [0.15, 0.2) is 53.5 Å². The highest BCUT2D eigenvalue weighted by atomic mass is 16.5. The van der Waals surface area contributed by atoms with Gasteiger partial charge in [-0.2, -0.15) is 0 Å². The first kappa shape index (κ1) is 20.3. The maximum atomic E-state index is 13.7. The molecule has 0 spiro atoms. The lowest BCUT2D eigenvalue weighted by Crippen LogP contribution is -2.60. The Kier molecular flexibility index (Phi) is 4.31. The van der Waals surface area contributed by atoms with Crippen LogP contribution in [0.1, 0.15) is 66.1 Å². The fourth-order valence-electron chi connectivity index (χ4n) is 7.77.